The minimum atomic E-state index is -4.43. The number of hydrogen-bond donors (Lipinski definition) is 2. The van der Waals surface area contributed by atoms with Gasteiger partial charge in [0.1, 0.15) is 0 Å². The SMILES string of the molecule is CC[C@@H](C)Nc1nc(NC)nc(OCC(F)(F)F)n1. The van der Waals surface area contributed by atoms with Gasteiger partial charge in [-0.15, -0.1) is 0 Å². The topological polar surface area (TPSA) is 72.0 Å². The molecule has 0 saturated heterocycles. The van der Waals surface area contributed by atoms with Crippen LogP contribution in [0.5, 0.6) is 6.01 Å². The maximum atomic E-state index is 12.1. The highest BCUT2D eigenvalue weighted by Gasteiger charge is 2.29. The van der Waals surface area contributed by atoms with Crippen LogP contribution < -0.4 is 15.4 Å². The third kappa shape index (κ3) is 5.58. The van der Waals surface area contributed by atoms with Crippen molar-refractivity contribution in [2.75, 3.05) is 24.3 Å². The molecule has 0 radical (unpaired) electrons. The molecule has 1 atom stereocenters. The summed E-state index contributed by atoms with van der Waals surface area (Å²) in [6.07, 6.45) is -3.62. The third-order valence-electron chi connectivity index (χ3n) is 2.19. The van der Waals surface area contributed by atoms with Crippen molar-refractivity contribution >= 4 is 11.9 Å². The Kier molecular flexibility index (Phi) is 5.13. The Hall–Kier alpha value is -1.80. The molecule has 0 aliphatic heterocycles. The summed E-state index contributed by atoms with van der Waals surface area (Å²) in [5.41, 5.74) is 0. The van der Waals surface area contributed by atoms with Gasteiger partial charge in [0.15, 0.2) is 6.61 Å². The Morgan fingerprint density at radius 3 is 2.37 bits per heavy atom. The second-order valence-corrected chi connectivity index (χ2v) is 3.87. The molecule has 9 heteroatoms. The second kappa shape index (κ2) is 6.39. The van der Waals surface area contributed by atoms with Gasteiger partial charge in [0.25, 0.3) is 0 Å². The molecule has 0 fully saturated rings. The molecule has 0 aliphatic rings. The molecule has 6 nitrogen and oxygen atoms in total. The lowest BCUT2D eigenvalue weighted by molar-refractivity contribution is -0.154. The molecule has 0 aromatic carbocycles. The van der Waals surface area contributed by atoms with Crippen LogP contribution in [0.2, 0.25) is 0 Å². The lowest BCUT2D eigenvalue weighted by atomic mass is 10.3. The molecule has 1 heterocycles. The maximum Gasteiger partial charge on any atom is 0.422 e. The molecule has 1 rings (SSSR count). The van der Waals surface area contributed by atoms with Gasteiger partial charge in [0, 0.05) is 13.1 Å². The smallest absolute Gasteiger partial charge is 0.422 e. The van der Waals surface area contributed by atoms with Crippen LogP contribution in [0.3, 0.4) is 0 Å². The molecule has 19 heavy (non-hydrogen) atoms. The number of ether oxygens (including phenoxy) is 1. The molecule has 0 unspecified atom stereocenters. The maximum absolute atomic E-state index is 12.1. The van der Waals surface area contributed by atoms with Crippen molar-refractivity contribution < 1.29 is 17.9 Å². The summed E-state index contributed by atoms with van der Waals surface area (Å²) in [6.45, 7) is 2.42. The summed E-state index contributed by atoms with van der Waals surface area (Å²) in [4.78, 5) is 11.4. The molecule has 2 N–H and O–H groups in total. The summed E-state index contributed by atoms with van der Waals surface area (Å²) in [5.74, 6) is 0.309. The van der Waals surface area contributed by atoms with Crippen molar-refractivity contribution in [2.24, 2.45) is 0 Å². The summed E-state index contributed by atoms with van der Waals surface area (Å²) < 4.78 is 40.7. The molecule has 0 saturated carbocycles. The van der Waals surface area contributed by atoms with Crippen molar-refractivity contribution in [1.82, 2.24) is 15.0 Å². The molecular weight excluding hydrogens is 263 g/mol. The zero-order valence-corrected chi connectivity index (χ0v) is 10.9. The summed E-state index contributed by atoms with van der Waals surface area (Å²) in [7, 11) is 1.55. The van der Waals surface area contributed by atoms with Gasteiger partial charge in [-0.25, -0.2) is 0 Å². The van der Waals surface area contributed by atoms with Crippen LogP contribution >= 0.6 is 0 Å². The molecular formula is C10H16F3N5O. The number of halogens is 3. The van der Waals surface area contributed by atoms with E-state index in [1.165, 1.54) is 0 Å². The highest BCUT2D eigenvalue weighted by atomic mass is 19.4. The Balaban J connectivity index is 2.83. The first-order valence-corrected chi connectivity index (χ1v) is 5.74. The number of nitrogens with zero attached hydrogens (tertiary/aromatic N) is 3. The van der Waals surface area contributed by atoms with Crippen LogP contribution in [0.1, 0.15) is 20.3 Å². The van der Waals surface area contributed by atoms with Crippen molar-refractivity contribution in [3.63, 3.8) is 0 Å². The van der Waals surface area contributed by atoms with E-state index in [-0.39, 0.29) is 23.9 Å². The van der Waals surface area contributed by atoms with Crippen LogP contribution in [0.4, 0.5) is 25.1 Å². The fourth-order valence-corrected chi connectivity index (χ4v) is 1.07. The highest BCUT2D eigenvalue weighted by Crippen LogP contribution is 2.17. The van der Waals surface area contributed by atoms with E-state index in [9.17, 15) is 13.2 Å². The number of rotatable bonds is 6. The standard InChI is InChI=1S/C10H16F3N5O/c1-4-6(2)15-8-16-7(14-3)17-9(18-8)19-5-10(11,12)13/h6H,4-5H2,1-3H3,(H2,14,15,16,17,18)/t6-/m1/s1. The van der Waals surface area contributed by atoms with E-state index in [4.69, 9.17) is 0 Å². The fraction of sp³-hybridized carbons (Fsp3) is 0.700. The normalized spacial score (nSPS) is 12.9. The molecule has 1 aromatic heterocycles. The van der Waals surface area contributed by atoms with Gasteiger partial charge >= 0.3 is 12.2 Å². The van der Waals surface area contributed by atoms with Gasteiger partial charge in [0.05, 0.1) is 0 Å². The average Bonchev–Trinajstić information content (AvgIpc) is 2.35. The van der Waals surface area contributed by atoms with E-state index in [0.29, 0.717) is 0 Å². The summed E-state index contributed by atoms with van der Waals surface area (Å²) >= 11 is 0. The number of nitrogens with one attached hydrogen (secondary N) is 2. The lowest BCUT2D eigenvalue weighted by Gasteiger charge is -2.13. The first-order chi connectivity index (χ1) is 8.84. The van der Waals surface area contributed by atoms with E-state index >= 15 is 0 Å². The van der Waals surface area contributed by atoms with Gasteiger partial charge in [-0.05, 0) is 13.3 Å². The zero-order valence-electron chi connectivity index (χ0n) is 10.9. The Labute approximate surface area is 108 Å². The van der Waals surface area contributed by atoms with E-state index in [1.54, 1.807) is 7.05 Å². The van der Waals surface area contributed by atoms with Crippen LogP contribution in [0.25, 0.3) is 0 Å². The van der Waals surface area contributed by atoms with E-state index in [2.05, 4.69) is 30.3 Å². The van der Waals surface area contributed by atoms with Crippen LogP contribution in [-0.4, -0.2) is 40.8 Å². The first kappa shape index (κ1) is 15.3. The summed E-state index contributed by atoms with van der Waals surface area (Å²) in [5, 5.41) is 5.57. The number of hydrogen-bond acceptors (Lipinski definition) is 6. The van der Waals surface area contributed by atoms with Gasteiger partial charge in [-0.1, -0.05) is 6.92 Å². The van der Waals surface area contributed by atoms with Gasteiger partial charge in [-0.2, -0.15) is 28.1 Å². The Morgan fingerprint density at radius 2 is 1.84 bits per heavy atom. The van der Waals surface area contributed by atoms with Crippen molar-refractivity contribution in [1.29, 1.82) is 0 Å². The molecule has 0 bridgehead atoms. The molecule has 0 aliphatic carbocycles. The van der Waals surface area contributed by atoms with Crippen LogP contribution in [0.15, 0.2) is 0 Å². The number of anilines is 2. The number of alkyl halides is 3. The largest absolute Gasteiger partial charge is 0.454 e. The molecule has 1 aromatic rings. The van der Waals surface area contributed by atoms with Crippen molar-refractivity contribution in [3.05, 3.63) is 0 Å². The monoisotopic (exact) mass is 279 g/mol. The van der Waals surface area contributed by atoms with Crippen molar-refractivity contribution in [3.8, 4) is 6.01 Å². The first-order valence-electron chi connectivity index (χ1n) is 5.74. The minimum absolute atomic E-state index is 0.0857. The average molecular weight is 279 g/mol. The Bertz CT molecular complexity index is 413. The predicted molar refractivity (Wildman–Crippen MR) is 64.3 cm³/mol. The summed E-state index contributed by atoms with van der Waals surface area (Å²) in [6, 6.07) is -0.287. The molecule has 0 spiro atoms. The quantitative estimate of drug-likeness (QED) is 0.830. The molecule has 108 valence electrons. The zero-order chi connectivity index (χ0) is 14.5. The Morgan fingerprint density at radius 1 is 1.21 bits per heavy atom. The number of aromatic nitrogens is 3. The van der Waals surface area contributed by atoms with E-state index in [1.807, 2.05) is 13.8 Å². The third-order valence-corrected chi connectivity index (χ3v) is 2.19. The molecule has 0 amide bonds. The van der Waals surface area contributed by atoms with Gasteiger partial charge < -0.3 is 15.4 Å². The van der Waals surface area contributed by atoms with Crippen LogP contribution in [0, 0.1) is 0 Å². The van der Waals surface area contributed by atoms with Gasteiger partial charge in [-0.3, -0.25) is 0 Å². The predicted octanol–water partition coefficient (Wildman–Crippen LogP) is 2.06. The van der Waals surface area contributed by atoms with E-state index < -0.39 is 12.8 Å². The lowest BCUT2D eigenvalue weighted by Crippen LogP contribution is -2.21. The minimum Gasteiger partial charge on any atom is -0.454 e. The van der Waals surface area contributed by atoms with Gasteiger partial charge in [0.2, 0.25) is 11.9 Å². The second-order valence-electron chi connectivity index (χ2n) is 3.87. The van der Waals surface area contributed by atoms with Crippen LogP contribution in [-0.2, 0) is 0 Å². The van der Waals surface area contributed by atoms with E-state index in [0.717, 1.165) is 6.42 Å². The van der Waals surface area contributed by atoms with Crippen molar-refractivity contribution in [2.45, 2.75) is 32.5 Å². The highest BCUT2D eigenvalue weighted by molar-refractivity contribution is 5.35. The fourth-order valence-electron chi connectivity index (χ4n) is 1.07.